The molecule has 3 N–H and O–H groups in total. The van der Waals surface area contributed by atoms with Gasteiger partial charge in [0.1, 0.15) is 11.3 Å². The molecule has 0 aromatic heterocycles. The van der Waals surface area contributed by atoms with E-state index < -0.39 is 5.97 Å². The molecule has 0 unspecified atom stereocenters. The number of methoxy groups -OCH3 is 1. The molecule has 1 aromatic rings. The predicted octanol–water partition coefficient (Wildman–Crippen LogP) is 2.16. The summed E-state index contributed by atoms with van der Waals surface area (Å²) in [5, 5.41) is 8.80. The molecule has 0 atom stereocenters. The maximum atomic E-state index is 10.7. The van der Waals surface area contributed by atoms with E-state index in [9.17, 15) is 4.79 Å². The molecule has 1 aromatic carbocycles. The Morgan fingerprint density at radius 3 is 2.57 bits per heavy atom. The molecule has 0 radical (unpaired) electrons. The first-order valence-corrected chi connectivity index (χ1v) is 4.22. The average Bonchev–Trinajstić information content (AvgIpc) is 2.04. The van der Waals surface area contributed by atoms with E-state index in [0.717, 1.165) is 0 Å². The second-order valence-corrected chi connectivity index (χ2v) is 3.14. The van der Waals surface area contributed by atoms with E-state index in [0.29, 0.717) is 10.2 Å². The zero-order valence-corrected chi connectivity index (χ0v) is 9.68. The average molecular weight is 283 g/mol. The molecule has 0 heterocycles. The topological polar surface area (TPSA) is 72.5 Å². The first kappa shape index (κ1) is 13.1. The highest BCUT2D eigenvalue weighted by Crippen LogP contribution is 2.32. The van der Waals surface area contributed by atoms with Crippen molar-refractivity contribution < 1.29 is 14.6 Å². The van der Waals surface area contributed by atoms with Gasteiger partial charge >= 0.3 is 5.97 Å². The van der Waals surface area contributed by atoms with Crippen LogP contribution in [0.15, 0.2) is 16.6 Å². The molecule has 0 saturated heterocycles. The quantitative estimate of drug-likeness (QED) is 0.815. The van der Waals surface area contributed by atoms with Crippen LogP contribution in [0.4, 0.5) is 5.69 Å². The molecule has 78 valence electrons. The van der Waals surface area contributed by atoms with Crippen molar-refractivity contribution >= 4 is 40.0 Å². The lowest BCUT2D eigenvalue weighted by Crippen LogP contribution is -2.04. The van der Waals surface area contributed by atoms with Gasteiger partial charge in [0.2, 0.25) is 0 Å². The molecule has 1 rings (SSSR count). The molecule has 6 heteroatoms. The first-order valence-electron chi connectivity index (χ1n) is 3.43. The first-order chi connectivity index (χ1) is 6.07. The van der Waals surface area contributed by atoms with Crippen molar-refractivity contribution in [2.45, 2.75) is 0 Å². The maximum absolute atomic E-state index is 10.7. The van der Waals surface area contributed by atoms with Gasteiger partial charge in [-0.05, 0) is 28.1 Å². The minimum Gasteiger partial charge on any atom is -0.496 e. The Bertz CT molecular complexity index is 357. The van der Waals surface area contributed by atoms with E-state index in [-0.39, 0.29) is 23.7 Å². The van der Waals surface area contributed by atoms with Gasteiger partial charge in [-0.15, -0.1) is 12.4 Å². The van der Waals surface area contributed by atoms with Crippen LogP contribution in [0.25, 0.3) is 0 Å². The van der Waals surface area contributed by atoms with E-state index in [1.54, 1.807) is 6.07 Å². The molecule has 14 heavy (non-hydrogen) atoms. The summed E-state index contributed by atoms with van der Waals surface area (Å²) in [6.07, 6.45) is 0. The number of anilines is 1. The molecule has 0 spiro atoms. The van der Waals surface area contributed by atoms with Crippen LogP contribution in [0.3, 0.4) is 0 Å². The highest BCUT2D eigenvalue weighted by molar-refractivity contribution is 9.10. The fraction of sp³-hybridized carbons (Fsp3) is 0.125. The Kier molecular flexibility index (Phi) is 4.73. The van der Waals surface area contributed by atoms with Gasteiger partial charge in [-0.2, -0.15) is 0 Å². The third-order valence-electron chi connectivity index (χ3n) is 1.57. The number of carbonyl (C=O) groups is 1. The molecule has 0 bridgehead atoms. The fourth-order valence-corrected chi connectivity index (χ4v) is 1.64. The lowest BCUT2D eigenvalue weighted by molar-refractivity contribution is 0.0696. The van der Waals surface area contributed by atoms with Crippen LogP contribution in [0, 0.1) is 0 Å². The number of hydrogen-bond donors (Lipinski definition) is 2. The Morgan fingerprint density at radius 2 is 2.14 bits per heavy atom. The number of halogens is 2. The molecule has 4 nitrogen and oxygen atoms in total. The summed E-state index contributed by atoms with van der Waals surface area (Å²) in [6.45, 7) is 0. The summed E-state index contributed by atoms with van der Waals surface area (Å²) in [7, 11) is 1.46. The van der Waals surface area contributed by atoms with Gasteiger partial charge in [0.05, 0.1) is 11.6 Å². The molecular formula is C8H9BrClNO3. The third kappa shape index (κ3) is 2.30. The number of aromatic carboxylic acids is 1. The zero-order chi connectivity index (χ0) is 10.0. The van der Waals surface area contributed by atoms with E-state index in [2.05, 4.69) is 15.9 Å². The van der Waals surface area contributed by atoms with Gasteiger partial charge in [0.25, 0.3) is 0 Å². The molecule has 0 aliphatic heterocycles. The van der Waals surface area contributed by atoms with E-state index in [4.69, 9.17) is 15.6 Å². The highest BCUT2D eigenvalue weighted by Gasteiger charge is 2.15. The Morgan fingerprint density at radius 1 is 1.57 bits per heavy atom. The number of carboxylic acids is 1. The van der Waals surface area contributed by atoms with Crippen molar-refractivity contribution in [1.82, 2.24) is 0 Å². The van der Waals surface area contributed by atoms with Crippen molar-refractivity contribution in [2.75, 3.05) is 12.8 Å². The Labute approximate surface area is 95.6 Å². The third-order valence-corrected chi connectivity index (χ3v) is 2.36. The van der Waals surface area contributed by atoms with Gasteiger partial charge < -0.3 is 15.6 Å². The summed E-state index contributed by atoms with van der Waals surface area (Å²) in [5.74, 6) is -0.630. The van der Waals surface area contributed by atoms with Crippen molar-refractivity contribution in [2.24, 2.45) is 0 Å². The fourth-order valence-electron chi connectivity index (χ4n) is 0.947. The minimum absolute atomic E-state index is 0. The van der Waals surface area contributed by atoms with Crippen molar-refractivity contribution in [3.8, 4) is 5.75 Å². The number of carboxylic acid groups (broad SMARTS) is 1. The number of ether oxygens (including phenoxy) is 1. The molecule has 0 aliphatic carbocycles. The lowest BCUT2D eigenvalue weighted by Gasteiger charge is -2.07. The predicted molar refractivity (Wildman–Crippen MR) is 59.3 cm³/mol. The standard InChI is InChI=1S/C8H8BrNO3.ClH/c1-13-5-3-2-4(10)6(7(5)9)8(11)12;/h2-3H,10H2,1H3,(H,11,12);1H. The molecule has 0 amide bonds. The second-order valence-electron chi connectivity index (χ2n) is 2.35. The number of nitrogen functional groups attached to an aromatic ring is 1. The van der Waals surface area contributed by atoms with Gasteiger partial charge in [-0.3, -0.25) is 0 Å². The normalized spacial score (nSPS) is 9.00. The zero-order valence-electron chi connectivity index (χ0n) is 7.28. The van der Waals surface area contributed by atoms with E-state index >= 15 is 0 Å². The largest absolute Gasteiger partial charge is 0.496 e. The van der Waals surface area contributed by atoms with Crippen LogP contribution >= 0.6 is 28.3 Å². The molecule has 0 saturated carbocycles. The van der Waals surface area contributed by atoms with Crippen molar-refractivity contribution in [3.05, 3.63) is 22.2 Å². The number of nitrogens with two attached hydrogens (primary N) is 1. The van der Waals surface area contributed by atoms with Gasteiger partial charge in [0, 0.05) is 5.69 Å². The SMILES string of the molecule is COc1ccc(N)c(C(=O)O)c1Br.Cl. The summed E-state index contributed by atoms with van der Waals surface area (Å²) >= 11 is 3.11. The highest BCUT2D eigenvalue weighted by atomic mass is 79.9. The van der Waals surface area contributed by atoms with Crippen molar-refractivity contribution in [1.29, 1.82) is 0 Å². The second kappa shape index (κ2) is 5.07. The summed E-state index contributed by atoms with van der Waals surface area (Å²) in [4.78, 5) is 10.7. The van der Waals surface area contributed by atoms with Crippen LogP contribution in [-0.4, -0.2) is 18.2 Å². The van der Waals surface area contributed by atoms with Crippen LogP contribution in [-0.2, 0) is 0 Å². The molecule has 0 fully saturated rings. The van der Waals surface area contributed by atoms with Crippen LogP contribution in [0.2, 0.25) is 0 Å². The Balaban J connectivity index is 0.00000169. The lowest BCUT2D eigenvalue weighted by atomic mass is 10.2. The van der Waals surface area contributed by atoms with E-state index in [1.807, 2.05) is 0 Å². The number of hydrogen-bond acceptors (Lipinski definition) is 3. The monoisotopic (exact) mass is 281 g/mol. The molecular weight excluding hydrogens is 273 g/mol. The summed E-state index contributed by atoms with van der Waals surface area (Å²) in [5.41, 5.74) is 5.72. The van der Waals surface area contributed by atoms with Crippen molar-refractivity contribution in [3.63, 3.8) is 0 Å². The van der Waals surface area contributed by atoms with Gasteiger partial charge in [0.15, 0.2) is 0 Å². The van der Waals surface area contributed by atoms with Crippen LogP contribution < -0.4 is 10.5 Å². The summed E-state index contributed by atoms with van der Waals surface area (Å²) in [6, 6.07) is 3.10. The van der Waals surface area contributed by atoms with Gasteiger partial charge in [-0.1, -0.05) is 0 Å². The maximum Gasteiger partial charge on any atom is 0.339 e. The molecule has 0 aliphatic rings. The van der Waals surface area contributed by atoms with Crippen LogP contribution in [0.5, 0.6) is 5.75 Å². The van der Waals surface area contributed by atoms with E-state index in [1.165, 1.54) is 13.2 Å². The Hall–Kier alpha value is -0.940. The minimum atomic E-state index is -1.08. The summed E-state index contributed by atoms with van der Waals surface area (Å²) < 4.78 is 5.29. The van der Waals surface area contributed by atoms with Crippen LogP contribution in [0.1, 0.15) is 10.4 Å². The number of rotatable bonds is 2. The number of benzene rings is 1. The van der Waals surface area contributed by atoms with Gasteiger partial charge in [-0.25, -0.2) is 4.79 Å². The smallest absolute Gasteiger partial charge is 0.339 e.